The van der Waals surface area contributed by atoms with E-state index >= 15 is 0 Å². The van der Waals surface area contributed by atoms with Crippen molar-refractivity contribution < 1.29 is 9.13 Å². The Morgan fingerprint density at radius 2 is 1.93 bits per heavy atom. The quantitative estimate of drug-likeness (QED) is 0.364. The number of benzene rings is 2. The van der Waals surface area contributed by atoms with Crippen LogP contribution in [0.15, 0.2) is 48.7 Å². The zero-order valence-corrected chi connectivity index (χ0v) is 16.5. The summed E-state index contributed by atoms with van der Waals surface area (Å²) in [6.07, 6.45) is 0.971. The molecule has 0 bridgehead atoms. The van der Waals surface area contributed by atoms with E-state index in [0.29, 0.717) is 28.3 Å². The van der Waals surface area contributed by atoms with Crippen LogP contribution in [0.1, 0.15) is 35.3 Å². The Balaban J connectivity index is 1.97. The molecule has 1 aromatic heterocycles. The maximum Gasteiger partial charge on any atom is 0.143 e. The van der Waals surface area contributed by atoms with Gasteiger partial charge in [0.05, 0.1) is 28.2 Å². The number of hydrogen-bond acceptors (Lipinski definition) is 7. The lowest BCUT2D eigenvalue weighted by Crippen LogP contribution is -2.13. The molecule has 0 aliphatic rings. The smallest absolute Gasteiger partial charge is 0.143 e. The van der Waals surface area contributed by atoms with Crippen molar-refractivity contribution in [2.24, 2.45) is 0 Å². The third-order valence-electron chi connectivity index (χ3n) is 4.67. The number of halogens is 1. The van der Waals surface area contributed by atoms with E-state index in [0.717, 1.165) is 5.56 Å². The highest BCUT2D eigenvalue weighted by molar-refractivity contribution is 6.17. The molecule has 3 aromatic rings. The summed E-state index contributed by atoms with van der Waals surface area (Å²) in [7, 11) is 1.65. The van der Waals surface area contributed by atoms with Crippen LogP contribution in [0.5, 0.6) is 5.75 Å². The third-order valence-corrected chi connectivity index (χ3v) is 4.67. The van der Waals surface area contributed by atoms with E-state index in [1.807, 2.05) is 13.0 Å². The number of hydrogen-bond donors (Lipinski definition) is 4. The molecule has 0 unspecified atom stereocenters. The topological polar surface area (TPSA) is 134 Å². The minimum atomic E-state index is -0.390. The molecule has 0 aliphatic carbocycles. The van der Waals surface area contributed by atoms with E-state index < -0.39 is 0 Å². The Morgan fingerprint density at radius 3 is 2.57 bits per heavy atom. The van der Waals surface area contributed by atoms with E-state index in [2.05, 4.69) is 10.3 Å². The van der Waals surface area contributed by atoms with Crippen molar-refractivity contribution in [1.82, 2.24) is 4.98 Å². The molecule has 152 valence electrons. The number of pyridine rings is 1. The minimum absolute atomic E-state index is 0.0701. The molecule has 0 radical (unpaired) electrons. The first-order valence-corrected chi connectivity index (χ1v) is 9.13. The molecule has 0 fully saturated rings. The normalized spacial score (nSPS) is 11.4. The van der Waals surface area contributed by atoms with E-state index in [9.17, 15) is 9.65 Å². The zero-order chi connectivity index (χ0) is 21.8. The fourth-order valence-electron chi connectivity index (χ4n) is 3.05. The number of aromatic nitrogens is 1. The predicted molar refractivity (Wildman–Crippen MR) is 115 cm³/mol. The molecule has 0 spiro atoms. The number of nitrogens with zero attached hydrogens (tertiary/aromatic N) is 2. The maximum absolute atomic E-state index is 13.2. The average molecular weight is 404 g/mol. The molecule has 0 saturated heterocycles. The van der Waals surface area contributed by atoms with Crippen molar-refractivity contribution in [3.63, 3.8) is 0 Å². The first kappa shape index (κ1) is 20.6. The van der Waals surface area contributed by atoms with Crippen LogP contribution >= 0.6 is 0 Å². The number of anilines is 3. The van der Waals surface area contributed by atoms with Crippen molar-refractivity contribution >= 4 is 22.9 Å². The number of nitriles is 1. The average Bonchev–Trinajstić information content (AvgIpc) is 2.74. The molecule has 1 atom stereocenters. The van der Waals surface area contributed by atoms with Gasteiger partial charge < -0.3 is 21.5 Å². The second-order valence-electron chi connectivity index (χ2n) is 6.61. The molecule has 2 aromatic carbocycles. The van der Waals surface area contributed by atoms with Gasteiger partial charge in [0.2, 0.25) is 0 Å². The standard InChI is InChI=1S/C22H21FN6O/c1-12(13-3-6-16(23)7-4-13)30-18-9-14(5-8-17(18)25)20(26)19-21(28-2)15(10-24)11-29-22(19)27/h3-9,11-12,26H,25H2,1-2H3,(H3,27,28,29)/t12-/m0/s1. The van der Waals surface area contributed by atoms with E-state index in [1.165, 1.54) is 18.3 Å². The number of nitrogen functional groups attached to an aromatic ring is 2. The lowest BCUT2D eigenvalue weighted by molar-refractivity contribution is 0.228. The van der Waals surface area contributed by atoms with Gasteiger partial charge in [-0.15, -0.1) is 0 Å². The number of nitrogens with one attached hydrogen (secondary N) is 2. The summed E-state index contributed by atoms with van der Waals surface area (Å²) in [5.41, 5.74) is 14.8. The molecule has 6 N–H and O–H groups in total. The minimum Gasteiger partial charge on any atom is -0.484 e. The zero-order valence-electron chi connectivity index (χ0n) is 16.5. The van der Waals surface area contributed by atoms with Crippen molar-refractivity contribution in [2.75, 3.05) is 23.8 Å². The largest absolute Gasteiger partial charge is 0.484 e. The van der Waals surface area contributed by atoms with Crippen LogP contribution in [-0.2, 0) is 0 Å². The van der Waals surface area contributed by atoms with E-state index in [1.54, 1.807) is 37.4 Å². The Kier molecular flexibility index (Phi) is 5.83. The summed E-state index contributed by atoms with van der Waals surface area (Å²) in [4.78, 5) is 4.03. The molecule has 7 nitrogen and oxygen atoms in total. The van der Waals surface area contributed by atoms with E-state index in [-0.39, 0.29) is 29.0 Å². The molecule has 1 heterocycles. The molecule has 8 heteroatoms. The Labute approximate surface area is 173 Å². The predicted octanol–water partition coefficient (Wildman–Crippen LogP) is 3.85. The molecule has 0 aliphatic heterocycles. The van der Waals surface area contributed by atoms with Crippen molar-refractivity contribution in [2.45, 2.75) is 13.0 Å². The van der Waals surface area contributed by atoms with Gasteiger partial charge in [0.15, 0.2) is 0 Å². The van der Waals surface area contributed by atoms with Gasteiger partial charge in [-0.05, 0) is 36.8 Å². The summed E-state index contributed by atoms with van der Waals surface area (Å²) in [6, 6.07) is 13.0. The van der Waals surface area contributed by atoms with Crippen LogP contribution in [0, 0.1) is 22.6 Å². The highest BCUT2D eigenvalue weighted by Gasteiger charge is 2.19. The molecule has 0 amide bonds. The third kappa shape index (κ3) is 4.00. The molecule has 3 rings (SSSR count). The summed E-state index contributed by atoms with van der Waals surface area (Å²) in [5, 5.41) is 20.9. The Bertz CT molecular complexity index is 1140. The first-order chi connectivity index (χ1) is 14.3. The number of nitrogens with two attached hydrogens (primary N) is 2. The second kappa shape index (κ2) is 8.49. The van der Waals surface area contributed by atoms with Gasteiger partial charge in [-0.1, -0.05) is 18.2 Å². The Hall–Kier alpha value is -4.12. The Morgan fingerprint density at radius 1 is 1.23 bits per heavy atom. The summed E-state index contributed by atoms with van der Waals surface area (Å²) in [5.74, 6) is 0.178. The lowest BCUT2D eigenvalue weighted by Gasteiger charge is -2.18. The highest BCUT2D eigenvalue weighted by atomic mass is 19.1. The van der Waals surface area contributed by atoms with Crippen molar-refractivity contribution in [1.29, 1.82) is 10.7 Å². The van der Waals surface area contributed by atoms with Crippen LogP contribution < -0.4 is 21.5 Å². The van der Waals surface area contributed by atoms with Gasteiger partial charge in [0, 0.05) is 18.8 Å². The van der Waals surface area contributed by atoms with Crippen molar-refractivity contribution in [3.8, 4) is 11.8 Å². The molecule has 30 heavy (non-hydrogen) atoms. The van der Waals surface area contributed by atoms with Crippen LogP contribution in [0.25, 0.3) is 0 Å². The summed E-state index contributed by atoms with van der Waals surface area (Å²) in [6.45, 7) is 1.82. The van der Waals surface area contributed by atoms with Crippen LogP contribution in [0.3, 0.4) is 0 Å². The van der Waals surface area contributed by atoms with Gasteiger partial charge >= 0.3 is 0 Å². The first-order valence-electron chi connectivity index (χ1n) is 9.13. The van der Waals surface area contributed by atoms with Crippen molar-refractivity contribution in [3.05, 3.63) is 76.7 Å². The van der Waals surface area contributed by atoms with Gasteiger partial charge in [0.1, 0.15) is 29.6 Å². The van der Waals surface area contributed by atoms with Crippen LogP contribution in [-0.4, -0.2) is 17.7 Å². The number of ether oxygens (including phenoxy) is 1. The molecule has 0 saturated carbocycles. The van der Waals surface area contributed by atoms with Gasteiger partial charge in [-0.3, -0.25) is 5.41 Å². The maximum atomic E-state index is 13.2. The van der Waals surface area contributed by atoms with Gasteiger partial charge in [0.25, 0.3) is 0 Å². The van der Waals surface area contributed by atoms with Gasteiger partial charge in [-0.25, -0.2) is 9.37 Å². The molecular formula is C22H21FN6O. The second-order valence-corrected chi connectivity index (χ2v) is 6.61. The monoisotopic (exact) mass is 404 g/mol. The fraction of sp³-hybridized carbons (Fsp3) is 0.136. The fourth-order valence-corrected chi connectivity index (χ4v) is 3.05. The highest BCUT2D eigenvalue weighted by Crippen LogP contribution is 2.32. The number of rotatable bonds is 6. The molecular weight excluding hydrogens is 383 g/mol. The van der Waals surface area contributed by atoms with Crippen LogP contribution in [0.2, 0.25) is 0 Å². The summed E-state index contributed by atoms with van der Waals surface area (Å²) >= 11 is 0. The summed E-state index contributed by atoms with van der Waals surface area (Å²) < 4.78 is 19.1. The lowest BCUT2D eigenvalue weighted by atomic mass is 9.99. The van der Waals surface area contributed by atoms with E-state index in [4.69, 9.17) is 21.6 Å². The van der Waals surface area contributed by atoms with Gasteiger partial charge in [-0.2, -0.15) is 5.26 Å². The van der Waals surface area contributed by atoms with Crippen LogP contribution in [0.4, 0.5) is 21.6 Å². The SMILES string of the molecule is CNc1c(C#N)cnc(N)c1C(=N)c1ccc(N)c(O[C@@H](C)c2ccc(F)cc2)c1.